The van der Waals surface area contributed by atoms with Crippen molar-refractivity contribution in [2.45, 2.75) is 33.1 Å². The van der Waals surface area contributed by atoms with Crippen LogP contribution >= 0.6 is 0 Å². The van der Waals surface area contributed by atoms with E-state index < -0.39 is 0 Å². The number of carbonyl (C=O) groups is 1. The van der Waals surface area contributed by atoms with Crippen molar-refractivity contribution in [1.82, 2.24) is 15.3 Å². The minimum Gasteiger partial charge on any atom is -0.358 e. The Morgan fingerprint density at radius 3 is 2.65 bits per heavy atom. The molecule has 0 spiro atoms. The molecule has 1 heterocycles. The summed E-state index contributed by atoms with van der Waals surface area (Å²) in [4.78, 5) is 22.4. The number of aromatic nitrogens is 2. The summed E-state index contributed by atoms with van der Waals surface area (Å²) in [6.45, 7) is 5.16. The van der Waals surface area contributed by atoms with Crippen molar-refractivity contribution in [3.63, 3.8) is 0 Å². The molecule has 0 bridgehead atoms. The Bertz CT molecular complexity index is 437. The number of amides is 1. The Labute approximate surface area is 119 Å². The number of hydrazine groups is 1. The molecule has 0 radical (unpaired) electrons. The number of hydrogen-bond acceptors (Lipinski definition) is 6. The van der Waals surface area contributed by atoms with Gasteiger partial charge in [-0.3, -0.25) is 4.79 Å². The van der Waals surface area contributed by atoms with E-state index in [0.717, 1.165) is 37.4 Å². The Hall–Kier alpha value is -1.89. The fraction of sp³-hybridized carbons (Fsp3) is 0.615. The molecule has 20 heavy (non-hydrogen) atoms. The molecule has 0 atom stereocenters. The molecule has 7 nitrogen and oxygen atoms in total. The van der Waals surface area contributed by atoms with Crippen molar-refractivity contribution in [3.8, 4) is 0 Å². The monoisotopic (exact) mass is 280 g/mol. The molecule has 0 unspecified atom stereocenters. The third-order valence-electron chi connectivity index (χ3n) is 2.81. The van der Waals surface area contributed by atoms with Gasteiger partial charge in [0.1, 0.15) is 17.5 Å². The first-order chi connectivity index (χ1) is 9.64. The molecule has 0 saturated heterocycles. The van der Waals surface area contributed by atoms with Gasteiger partial charge in [0.2, 0.25) is 5.91 Å². The van der Waals surface area contributed by atoms with E-state index in [1.165, 1.54) is 0 Å². The lowest BCUT2D eigenvalue weighted by atomic mass is 10.3. The van der Waals surface area contributed by atoms with Crippen molar-refractivity contribution in [2.75, 3.05) is 30.5 Å². The summed E-state index contributed by atoms with van der Waals surface area (Å²) >= 11 is 0. The number of carbonyl (C=O) groups excluding carboxylic acids is 1. The third kappa shape index (κ3) is 4.65. The lowest BCUT2D eigenvalue weighted by Crippen LogP contribution is -2.36. The second-order valence-corrected chi connectivity index (χ2v) is 4.52. The topological polar surface area (TPSA) is 96.2 Å². The van der Waals surface area contributed by atoms with Crippen molar-refractivity contribution in [2.24, 2.45) is 5.84 Å². The summed E-state index contributed by atoms with van der Waals surface area (Å²) in [5, 5.41) is 2.63. The summed E-state index contributed by atoms with van der Waals surface area (Å²) in [6.07, 6.45) is 2.66. The van der Waals surface area contributed by atoms with Gasteiger partial charge in [-0.2, -0.15) is 0 Å². The molecule has 1 aromatic rings. The molecule has 7 heteroatoms. The Morgan fingerprint density at radius 1 is 1.35 bits per heavy atom. The van der Waals surface area contributed by atoms with Crippen LogP contribution in [0.25, 0.3) is 0 Å². The number of nitrogens with one attached hydrogen (secondary N) is 2. The third-order valence-corrected chi connectivity index (χ3v) is 2.81. The molecule has 0 aliphatic rings. The SMILES string of the molecule is CCCc1nc(NN)cc(N(CCC)CC(=O)NC)n1. The van der Waals surface area contributed by atoms with Gasteiger partial charge in [-0.15, -0.1) is 0 Å². The summed E-state index contributed by atoms with van der Waals surface area (Å²) in [6, 6.07) is 1.76. The van der Waals surface area contributed by atoms with Gasteiger partial charge in [-0.1, -0.05) is 13.8 Å². The maximum absolute atomic E-state index is 11.6. The summed E-state index contributed by atoms with van der Waals surface area (Å²) < 4.78 is 0. The van der Waals surface area contributed by atoms with Gasteiger partial charge in [0.05, 0.1) is 6.54 Å². The van der Waals surface area contributed by atoms with Crippen LogP contribution in [0.5, 0.6) is 0 Å². The minimum absolute atomic E-state index is 0.0450. The lowest BCUT2D eigenvalue weighted by molar-refractivity contribution is -0.119. The molecule has 0 aromatic carbocycles. The molecule has 0 saturated carbocycles. The van der Waals surface area contributed by atoms with Crippen LogP contribution in [-0.2, 0) is 11.2 Å². The van der Waals surface area contributed by atoms with E-state index in [1.807, 2.05) is 4.90 Å². The molecular weight excluding hydrogens is 256 g/mol. The maximum Gasteiger partial charge on any atom is 0.239 e. The lowest BCUT2D eigenvalue weighted by Gasteiger charge is -2.23. The highest BCUT2D eigenvalue weighted by Gasteiger charge is 2.13. The molecule has 4 N–H and O–H groups in total. The van der Waals surface area contributed by atoms with E-state index in [0.29, 0.717) is 5.82 Å². The fourth-order valence-electron chi connectivity index (χ4n) is 1.85. The standard InChI is InChI=1S/C13H24N6O/c1-4-6-10-16-11(18-14)8-12(17-10)19(7-5-2)9-13(20)15-3/h8H,4-7,9,14H2,1-3H3,(H,15,20)(H,16,17,18). The highest BCUT2D eigenvalue weighted by molar-refractivity contribution is 5.80. The Balaban J connectivity index is 3.03. The van der Waals surface area contributed by atoms with E-state index in [2.05, 4.69) is 34.6 Å². The Kier molecular flexibility index (Phi) is 6.72. The van der Waals surface area contributed by atoms with Gasteiger partial charge in [0.25, 0.3) is 0 Å². The predicted molar refractivity (Wildman–Crippen MR) is 80.4 cm³/mol. The zero-order chi connectivity index (χ0) is 15.0. The molecule has 0 aliphatic carbocycles. The number of rotatable bonds is 8. The summed E-state index contributed by atoms with van der Waals surface area (Å²) in [5.74, 6) is 7.42. The normalized spacial score (nSPS) is 10.2. The second-order valence-electron chi connectivity index (χ2n) is 4.52. The number of nitrogen functional groups attached to an aromatic ring is 1. The van der Waals surface area contributed by atoms with Crippen LogP contribution in [0.4, 0.5) is 11.6 Å². The van der Waals surface area contributed by atoms with Crippen molar-refractivity contribution < 1.29 is 4.79 Å². The first kappa shape index (κ1) is 16.2. The van der Waals surface area contributed by atoms with E-state index in [1.54, 1.807) is 13.1 Å². The highest BCUT2D eigenvalue weighted by atomic mass is 16.1. The molecule has 1 amide bonds. The van der Waals surface area contributed by atoms with Crippen molar-refractivity contribution in [1.29, 1.82) is 0 Å². The number of aryl methyl sites for hydroxylation is 1. The minimum atomic E-state index is -0.0450. The van der Waals surface area contributed by atoms with Crippen LogP contribution in [-0.4, -0.2) is 36.0 Å². The van der Waals surface area contributed by atoms with Gasteiger partial charge in [-0.05, 0) is 12.8 Å². The molecular formula is C13H24N6O. The van der Waals surface area contributed by atoms with Gasteiger partial charge in [0.15, 0.2) is 0 Å². The molecule has 112 valence electrons. The summed E-state index contributed by atoms with van der Waals surface area (Å²) in [7, 11) is 1.63. The number of anilines is 2. The maximum atomic E-state index is 11.6. The molecule has 0 fully saturated rings. The first-order valence-electron chi connectivity index (χ1n) is 6.94. The summed E-state index contributed by atoms with van der Waals surface area (Å²) in [5.41, 5.74) is 2.55. The number of nitrogens with zero attached hydrogens (tertiary/aromatic N) is 3. The average molecular weight is 280 g/mol. The fourth-order valence-corrected chi connectivity index (χ4v) is 1.85. The Morgan fingerprint density at radius 2 is 2.10 bits per heavy atom. The van der Waals surface area contributed by atoms with Crippen molar-refractivity contribution >= 4 is 17.5 Å². The highest BCUT2D eigenvalue weighted by Crippen LogP contribution is 2.16. The van der Waals surface area contributed by atoms with Crippen LogP contribution in [0.1, 0.15) is 32.5 Å². The largest absolute Gasteiger partial charge is 0.358 e. The zero-order valence-corrected chi connectivity index (χ0v) is 12.4. The first-order valence-corrected chi connectivity index (χ1v) is 6.94. The van der Waals surface area contributed by atoms with Gasteiger partial charge in [-0.25, -0.2) is 15.8 Å². The van der Waals surface area contributed by atoms with Crippen LogP contribution in [0.3, 0.4) is 0 Å². The van der Waals surface area contributed by atoms with Crippen LogP contribution in [0.15, 0.2) is 6.07 Å². The van der Waals surface area contributed by atoms with Crippen molar-refractivity contribution in [3.05, 3.63) is 11.9 Å². The number of nitrogens with two attached hydrogens (primary N) is 1. The smallest absolute Gasteiger partial charge is 0.239 e. The van der Waals surface area contributed by atoms with Crippen LogP contribution in [0.2, 0.25) is 0 Å². The molecule has 0 aliphatic heterocycles. The quantitative estimate of drug-likeness (QED) is 0.478. The van der Waals surface area contributed by atoms with Gasteiger partial charge in [0, 0.05) is 26.1 Å². The van der Waals surface area contributed by atoms with E-state index >= 15 is 0 Å². The van der Waals surface area contributed by atoms with Gasteiger partial charge >= 0.3 is 0 Å². The van der Waals surface area contributed by atoms with E-state index in [4.69, 9.17) is 5.84 Å². The second kappa shape index (κ2) is 8.31. The van der Waals surface area contributed by atoms with E-state index in [9.17, 15) is 4.79 Å². The zero-order valence-electron chi connectivity index (χ0n) is 12.4. The number of hydrogen-bond donors (Lipinski definition) is 3. The van der Waals surface area contributed by atoms with Crippen LogP contribution < -0.4 is 21.5 Å². The predicted octanol–water partition coefficient (Wildman–Crippen LogP) is 0.677. The molecule has 1 aromatic heterocycles. The van der Waals surface area contributed by atoms with Crippen LogP contribution in [0, 0.1) is 0 Å². The van der Waals surface area contributed by atoms with Gasteiger partial charge < -0.3 is 15.6 Å². The number of likely N-dealkylation sites (N-methyl/N-ethyl adjacent to an activating group) is 1. The molecule has 1 rings (SSSR count). The van der Waals surface area contributed by atoms with E-state index in [-0.39, 0.29) is 12.5 Å². The average Bonchev–Trinajstić information content (AvgIpc) is 2.46.